The molecule has 0 aliphatic rings. The van der Waals surface area contributed by atoms with Crippen molar-refractivity contribution in [1.82, 2.24) is 0 Å². The van der Waals surface area contributed by atoms with E-state index in [-0.39, 0.29) is 35.5 Å². The molecule has 6 heteroatoms. The van der Waals surface area contributed by atoms with Crippen molar-refractivity contribution in [1.29, 1.82) is 0 Å². The SMILES string of the molecule is CCC(=O)C(O)(CO[Si](C)(C)C(C)(C)C)CO[Si](C)(C)C(C)(C)C. The van der Waals surface area contributed by atoms with Crippen LogP contribution in [0.25, 0.3) is 0 Å². The lowest BCUT2D eigenvalue weighted by Gasteiger charge is -2.41. The number of hydrogen-bond acceptors (Lipinski definition) is 4. The van der Waals surface area contributed by atoms with Crippen LogP contribution in [0.4, 0.5) is 0 Å². The lowest BCUT2D eigenvalue weighted by molar-refractivity contribution is -0.144. The van der Waals surface area contributed by atoms with Crippen LogP contribution >= 0.6 is 0 Å². The van der Waals surface area contributed by atoms with Crippen molar-refractivity contribution in [2.24, 2.45) is 0 Å². The van der Waals surface area contributed by atoms with Crippen LogP contribution in [-0.2, 0) is 13.6 Å². The standard InChI is InChI=1S/C18H40O4Si2/c1-12-15(19)18(20,13-21-23(8,9)16(2,3)4)14-22-24(10,11)17(5,6)7/h20H,12-14H2,1-11H3. The predicted molar refractivity (Wildman–Crippen MR) is 107 cm³/mol. The van der Waals surface area contributed by atoms with E-state index in [1.165, 1.54) is 0 Å². The van der Waals surface area contributed by atoms with E-state index in [1.807, 2.05) is 0 Å². The number of hydrogen-bond donors (Lipinski definition) is 1. The number of carbonyl (C=O) groups excluding carboxylic acids is 1. The lowest BCUT2D eigenvalue weighted by atomic mass is 9.99. The molecule has 0 fully saturated rings. The molecule has 0 atom stereocenters. The minimum atomic E-state index is -2.04. The number of rotatable bonds is 8. The van der Waals surface area contributed by atoms with E-state index < -0.39 is 22.2 Å². The van der Waals surface area contributed by atoms with Crippen LogP contribution in [0, 0.1) is 0 Å². The smallest absolute Gasteiger partial charge is 0.192 e. The number of aliphatic hydroxyl groups is 1. The van der Waals surface area contributed by atoms with Crippen molar-refractivity contribution in [3.8, 4) is 0 Å². The van der Waals surface area contributed by atoms with Gasteiger partial charge in [-0.15, -0.1) is 0 Å². The maximum absolute atomic E-state index is 12.4. The molecule has 0 aromatic rings. The normalized spacial score (nSPS) is 14.8. The minimum absolute atomic E-state index is 0.0186. The second kappa shape index (κ2) is 7.70. The average molecular weight is 377 g/mol. The highest BCUT2D eigenvalue weighted by Crippen LogP contribution is 2.38. The first-order valence-corrected chi connectivity index (χ1v) is 14.7. The molecule has 0 saturated carbocycles. The van der Waals surface area contributed by atoms with E-state index in [9.17, 15) is 9.90 Å². The summed E-state index contributed by atoms with van der Waals surface area (Å²) in [6, 6.07) is 0. The molecular weight excluding hydrogens is 336 g/mol. The summed E-state index contributed by atoms with van der Waals surface area (Å²) in [5, 5.41) is 11.0. The van der Waals surface area contributed by atoms with E-state index in [1.54, 1.807) is 6.92 Å². The molecule has 4 nitrogen and oxygen atoms in total. The molecule has 0 saturated heterocycles. The Morgan fingerprint density at radius 2 is 1.12 bits per heavy atom. The van der Waals surface area contributed by atoms with E-state index in [0.29, 0.717) is 0 Å². The van der Waals surface area contributed by atoms with Crippen LogP contribution in [-0.4, -0.2) is 46.3 Å². The molecule has 0 heterocycles. The third-order valence-electron chi connectivity index (χ3n) is 5.80. The Morgan fingerprint density at radius 3 is 1.33 bits per heavy atom. The largest absolute Gasteiger partial charge is 0.413 e. The third-order valence-corrected chi connectivity index (χ3v) is 14.8. The summed E-state index contributed by atoms with van der Waals surface area (Å²) >= 11 is 0. The molecule has 0 aliphatic carbocycles. The molecule has 1 N–H and O–H groups in total. The number of ketones is 1. The molecule has 24 heavy (non-hydrogen) atoms. The molecule has 0 bridgehead atoms. The third kappa shape index (κ3) is 6.05. The van der Waals surface area contributed by atoms with Crippen molar-refractivity contribution in [2.45, 2.75) is 96.8 Å². The van der Waals surface area contributed by atoms with Gasteiger partial charge in [0.25, 0.3) is 0 Å². The second-order valence-electron chi connectivity index (χ2n) is 9.91. The van der Waals surface area contributed by atoms with Gasteiger partial charge < -0.3 is 14.0 Å². The summed E-state index contributed by atoms with van der Waals surface area (Å²) in [4.78, 5) is 12.4. The van der Waals surface area contributed by atoms with E-state index in [0.717, 1.165) is 0 Å². The zero-order valence-electron chi connectivity index (χ0n) is 17.8. The number of carbonyl (C=O) groups is 1. The zero-order chi connectivity index (χ0) is 19.6. The van der Waals surface area contributed by atoms with Gasteiger partial charge >= 0.3 is 0 Å². The first-order chi connectivity index (χ1) is 10.4. The summed E-state index contributed by atoms with van der Waals surface area (Å²) in [7, 11) is -4.08. The second-order valence-corrected chi connectivity index (χ2v) is 19.5. The van der Waals surface area contributed by atoms with Gasteiger partial charge in [0.1, 0.15) is 0 Å². The van der Waals surface area contributed by atoms with Crippen molar-refractivity contribution in [2.75, 3.05) is 13.2 Å². The molecule has 0 aromatic heterocycles. The molecule has 0 unspecified atom stereocenters. The van der Waals surface area contributed by atoms with Crippen LogP contribution in [0.5, 0.6) is 0 Å². The molecule has 0 spiro atoms. The molecule has 144 valence electrons. The van der Waals surface area contributed by atoms with Gasteiger partial charge in [-0.3, -0.25) is 4.79 Å². The highest BCUT2D eigenvalue weighted by atomic mass is 28.4. The molecule has 0 amide bonds. The minimum Gasteiger partial charge on any atom is -0.413 e. The van der Waals surface area contributed by atoms with Gasteiger partial charge in [-0.25, -0.2) is 0 Å². The monoisotopic (exact) mass is 376 g/mol. The van der Waals surface area contributed by atoms with Gasteiger partial charge in [0.05, 0.1) is 13.2 Å². The first kappa shape index (κ1) is 24.0. The Labute approximate surface area is 151 Å². The Kier molecular flexibility index (Phi) is 7.69. The van der Waals surface area contributed by atoms with Crippen LogP contribution in [0.15, 0.2) is 0 Å². The van der Waals surface area contributed by atoms with Crippen LogP contribution in [0.3, 0.4) is 0 Å². The zero-order valence-corrected chi connectivity index (χ0v) is 19.8. The van der Waals surface area contributed by atoms with Gasteiger partial charge in [-0.1, -0.05) is 48.5 Å². The Balaban J connectivity index is 5.22. The van der Waals surface area contributed by atoms with Gasteiger partial charge in [0.15, 0.2) is 28.0 Å². The Bertz CT molecular complexity index is 401. The lowest BCUT2D eigenvalue weighted by Crippen LogP contribution is -2.54. The van der Waals surface area contributed by atoms with Crippen LogP contribution < -0.4 is 0 Å². The molecule has 0 aromatic carbocycles. The van der Waals surface area contributed by atoms with Crippen molar-refractivity contribution < 1.29 is 18.8 Å². The fourth-order valence-electron chi connectivity index (χ4n) is 1.56. The molecule has 0 radical (unpaired) electrons. The quantitative estimate of drug-likeness (QED) is 0.622. The van der Waals surface area contributed by atoms with E-state index >= 15 is 0 Å². The summed E-state index contributed by atoms with van der Waals surface area (Å²) < 4.78 is 12.3. The fourth-order valence-corrected chi connectivity index (χ4v) is 3.63. The van der Waals surface area contributed by atoms with Gasteiger partial charge in [-0.2, -0.15) is 0 Å². The number of Topliss-reactive ketones (excluding diaryl/α,β-unsaturated/α-hetero) is 1. The molecular formula is C18H40O4Si2. The van der Waals surface area contributed by atoms with Crippen LogP contribution in [0.2, 0.25) is 36.3 Å². The van der Waals surface area contributed by atoms with Gasteiger partial charge in [0, 0.05) is 6.42 Å². The van der Waals surface area contributed by atoms with Gasteiger partial charge in [-0.05, 0) is 36.3 Å². The van der Waals surface area contributed by atoms with Crippen LogP contribution in [0.1, 0.15) is 54.9 Å². The average Bonchev–Trinajstić information content (AvgIpc) is 2.39. The Hall–Kier alpha value is -0.0162. The summed E-state index contributed by atoms with van der Waals surface area (Å²) in [6.07, 6.45) is 0.276. The molecule has 0 rings (SSSR count). The Morgan fingerprint density at radius 1 is 0.833 bits per heavy atom. The van der Waals surface area contributed by atoms with Crippen molar-refractivity contribution in [3.63, 3.8) is 0 Å². The van der Waals surface area contributed by atoms with E-state index in [4.69, 9.17) is 8.85 Å². The van der Waals surface area contributed by atoms with Crippen molar-refractivity contribution in [3.05, 3.63) is 0 Å². The van der Waals surface area contributed by atoms with Gasteiger partial charge in [0.2, 0.25) is 0 Å². The predicted octanol–water partition coefficient (Wildman–Crippen LogP) is 4.74. The maximum Gasteiger partial charge on any atom is 0.192 e. The maximum atomic E-state index is 12.4. The fraction of sp³-hybridized carbons (Fsp3) is 0.944. The van der Waals surface area contributed by atoms with E-state index in [2.05, 4.69) is 67.7 Å². The summed E-state index contributed by atoms with van der Waals surface area (Å²) in [5.74, 6) is -0.208. The highest BCUT2D eigenvalue weighted by Gasteiger charge is 2.45. The molecule has 0 aliphatic heterocycles. The summed E-state index contributed by atoms with van der Waals surface area (Å²) in [6.45, 7) is 23.2. The highest BCUT2D eigenvalue weighted by molar-refractivity contribution is 6.74. The van der Waals surface area contributed by atoms with Crippen molar-refractivity contribution >= 4 is 22.4 Å². The topological polar surface area (TPSA) is 55.8 Å². The first-order valence-electron chi connectivity index (χ1n) is 8.93. The summed E-state index contributed by atoms with van der Waals surface area (Å²) in [5.41, 5.74) is -1.56.